The molecule has 1 aromatic heterocycles. The lowest BCUT2D eigenvalue weighted by molar-refractivity contribution is -0.138. The number of azide groups is 1. The molecule has 0 radical (unpaired) electrons. The van der Waals surface area contributed by atoms with E-state index in [1.54, 1.807) is 0 Å². The van der Waals surface area contributed by atoms with E-state index in [1.807, 2.05) is 0 Å². The summed E-state index contributed by atoms with van der Waals surface area (Å²) in [6.07, 6.45) is 1.13. The van der Waals surface area contributed by atoms with Crippen molar-refractivity contribution in [2.75, 3.05) is 5.88 Å². The van der Waals surface area contributed by atoms with Crippen LogP contribution in [-0.4, -0.2) is 36.4 Å². The fraction of sp³-hybridized carbons (Fsp3) is 0.333. The molecule has 0 aliphatic rings. The van der Waals surface area contributed by atoms with Crippen LogP contribution in [0, 0.1) is 0 Å². The molecule has 0 aromatic carbocycles. The highest BCUT2D eigenvalue weighted by molar-refractivity contribution is 7.91. The molecule has 0 aliphatic carbocycles. The number of nitrogens with two attached hydrogens (primary N) is 1. The van der Waals surface area contributed by atoms with E-state index in [4.69, 9.17) is 16.4 Å². The molecule has 1 unspecified atom stereocenters. The second-order valence-corrected chi connectivity index (χ2v) is 5.57. The van der Waals surface area contributed by atoms with Crippen molar-refractivity contribution >= 4 is 15.8 Å². The third-order valence-corrected chi connectivity index (χ3v) is 3.61. The largest absolute Gasteiger partial charge is 0.480 e. The molecule has 0 spiro atoms. The van der Waals surface area contributed by atoms with Gasteiger partial charge in [-0.1, -0.05) is 5.11 Å². The van der Waals surface area contributed by atoms with Gasteiger partial charge in [0.25, 0.3) is 0 Å². The molecule has 1 atom stereocenters. The van der Waals surface area contributed by atoms with Crippen molar-refractivity contribution in [3.8, 4) is 0 Å². The second kappa shape index (κ2) is 6.14. The Morgan fingerprint density at radius 1 is 1.63 bits per heavy atom. The highest BCUT2D eigenvalue weighted by Crippen LogP contribution is 2.13. The number of carboxylic acids is 1. The van der Waals surface area contributed by atoms with E-state index in [-0.39, 0.29) is 17.0 Å². The van der Waals surface area contributed by atoms with Crippen LogP contribution >= 0.6 is 0 Å². The van der Waals surface area contributed by atoms with Crippen LogP contribution in [0.1, 0.15) is 5.69 Å². The van der Waals surface area contributed by atoms with E-state index in [0.717, 1.165) is 0 Å². The summed E-state index contributed by atoms with van der Waals surface area (Å²) in [5.41, 5.74) is 13.7. The molecule has 1 aromatic rings. The van der Waals surface area contributed by atoms with Crippen molar-refractivity contribution in [3.05, 3.63) is 34.5 Å². The van der Waals surface area contributed by atoms with E-state index >= 15 is 0 Å². The molecule has 0 saturated heterocycles. The van der Waals surface area contributed by atoms with Crippen molar-refractivity contribution in [1.82, 2.24) is 4.98 Å². The summed E-state index contributed by atoms with van der Waals surface area (Å²) in [4.78, 5) is 16.7. The Balaban J connectivity index is 3.00. The van der Waals surface area contributed by atoms with Crippen molar-refractivity contribution in [2.45, 2.75) is 17.4 Å². The maximum absolute atomic E-state index is 11.7. The zero-order chi connectivity index (χ0) is 14.5. The molecule has 1 heterocycles. The van der Waals surface area contributed by atoms with Crippen LogP contribution in [0.2, 0.25) is 0 Å². The third kappa shape index (κ3) is 4.21. The SMILES string of the molecule is [N-]=[N+]=NCS(=O)(=O)c1ccnc(CC(N)C(=O)O)c1. The summed E-state index contributed by atoms with van der Waals surface area (Å²) in [5, 5.41) is 11.7. The van der Waals surface area contributed by atoms with Gasteiger partial charge in [0.2, 0.25) is 0 Å². The number of aliphatic carboxylic acids is 1. The maximum Gasteiger partial charge on any atom is 0.320 e. The Kier molecular flexibility index (Phi) is 4.81. The predicted octanol–water partition coefficient (Wildman–Crippen LogP) is 0.0775. The molecule has 0 amide bonds. The van der Waals surface area contributed by atoms with Gasteiger partial charge in [-0.15, -0.1) is 0 Å². The maximum atomic E-state index is 11.7. The molecule has 19 heavy (non-hydrogen) atoms. The first kappa shape index (κ1) is 14.9. The number of aromatic nitrogens is 1. The molecule has 1 rings (SSSR count). The molecule has 0 saturated carbocycles. The average Bonchev–Trinajstić information content (AvgIpc) is 2.36. The monoisotopic (exact) mass is 285 g/mol. The Hall–Kier alpha value is -2.16. The number of nitrogens with zero attached hydrogens (tertiary/aromatic N) is 4. The van der Waals surface area contributed by atoms with Crippen molar-refractivity contribution in [2.24, 2.45) is 10.8 Å². The normalized spacial score (nSPS) is 12.5. The molecule has 0 bridgehead atoms. The van der Waals surface area contributed by atoms with Gasteiger partial charge >= 0.3 is 5.97 Å². The summed E-state index contributed by atoms with van der Waals surface area (Å²) in [7, 11) is -3.75. The highest BCUT2D eigenvalue weighted by Gasteiger charge is 2.17. The zero-order valence-corrected chi connectivity index (χ0v) is 10.5. The highest BCUT2D eigenvalue weighted by atomic mass is 32.2. The zero-order valence-electron chi connectivity index (χ0n) is 9.67. The third-order valence-electron chi connectivity index (χ3n) is 2.18. The number of sulfone groups is 1. The Morgan fingerprint density at radius 2 is 2.32 bits per heavy atom. The summed E-state index contributed by atoms with van der Waals surface area (Å²) in [6, 6.07) is 1.28. The summed E-state index contributed by atoms with van der Waals surface area (Å²) in [5.74, 6) is -1.91. The van der Waals surface area contributed by atoms with Gasteiger partial charge in [-0.25, -0.2) is 8.42 Å². The smallest absolute Gasteiger partial charge is 0.320 e. The van der Waals surface area contributed by atoms with Gasteiger partial charge in [-0.3, -0.25) is 9.78 Å². The van der Waals surface area contributed by atoms with Gasteiger partial charge in [-0.2, -0.15) is 0 Å². The minimum absolute atomic E-state index is 0.0949. The number of hydrogen-bond donors (Lipinski definition) is 2. The lowest BCUT2D eigenvalue weighted by atomic mass is 10.1. The predicted molar refractivity (Wildman–Crippen MR) is 64.8 cm³/mol. The number of pyridine rings is 1. The molecule has 0 fully saturated rings. The first-order valence-corrected chi connectivity index (χ1v) is 6.69. The quantitative estimate of drug-likeness (QED) is 0.427. The van der Waals surface area contributed by atoms with E-state index in [1.165, 1.54) is 18.3 Å². The van der Waals surface area contributed by atoms with Crippen LogP contribution in [0.15, 0.2) is 28.3 Å². The average molecular weight is 285 g/mol. The minimum Gasteiger partial charge on any atom is -0.480 e. The number of rotatable bonds is 6. The summed E-state index contributed by atoms with van der Waals surface area (Å²) in [6.45, 7) is 0. The van der Waals surface area contributed by atoms with Gasteiger partial charge in [-0.05, 0) is 17.7 Å². The molecule has 10 heteroatoms. The van der Waals surface area contributed by atoms with E-state index < -0.39 is 27.7 Å². The lowest BCUT2D eigenvalue weighted by Crippen LogP contribution is -2.32. The molecule has 102 valence electrons. The van der Waals surface area contributed by atoms with Gasteiger partial charge in [0, 0.05) is 23.2 Å². The first-order chi connectivity index (χ1) is 8.86. The van der Waals surface area contributed by atoms with Crippen LogP contribution in [0.25, 0.3) is 10.4 Å². The molecule has 9 nitrogen and oxygen atoms in total. The fourth-order valence-electron chi connectivity index (χ4n) is 1.25. The van der Waals surface area contributed by atoms with Crippen molar-refractivity contribution in [1.29, 1.82) is 0 Å². The number of carboxylic acid groups (broad SMARTS) is 1. The number of hydrogen-bond acceptors (Lipinski definition) is 6. The summed E-state index contributed by atoms with van der Waals surface area (Å²) >= 11 is 0. The van der Waals surface area contributed by atoms with Crippen molar-refractivity contribution < 1.29 is 18.3 Å². The van der Waals surface area contributed by atoms with E-state index in [9.17, 15) is 13.2 Å². The fourth-order valence-corrected chi connectivity index (χ4v) is 2.19. The lowest BCUT2D eigenvalue weighted by Gasteiger charge is -2.07. The number of carbonyl (C=O) groups is 1. The minimum atomic E-state index is -3.75. The topological polar surface area (TPSA) is 159 Å². The van der Waals surface area contributed by atoms with Crippen LogP contribution < -0.4 is 5.73 Å². The van der Waals surface area contributed by atoms with Gasteiger partial charge in [0.15, 0.2) is 9.84 Å². The van der Waals surface area contributed by atoms with Crippen LogP contribution in [-0.2, 0) is 21.1 Å². The Morgan fingerprint density at radius 3 is 2.89 bits per heavy atom. The van der Waals surface area contributed by atoms with Crippen LogP contribution in [0.3, 0.4) is 0 Å². The molecular formula is C9H11N5O4S. The van der Waals surface area contributed by atoms with Crippen molar-refractivity contribution in [3.63, 3.8) is 0 Å². The van der Waals surface area contributed by atoms with Gasteiger partial charge < -0.3 is 10.8 Å². The standard InChI is InChI=1S/C9H11N5O4S/c10-8(9(15)16)4-6-3-7(1-2-12-6)19(17,18)5-13-14-11/h1-3,8H,4-5,10H2,(H,15,16). The van der Waals surface area contributed by atoms with E-state index in [2.05, 4.69) is 15.0 Å². The van der Waals surface area contributed by atoms with Crippen LogP contribution in [0.5, 0.6) is 0 Å². The Bertz CT molecular complexity index is 623. The molecule has 0 aliphatic heterocycles. The second-order valence-electron chi connectivity index (χ2n) is 3.61. The molecular weight excluding hydrogens is 274 g/mol. The molecule has 3 N–H and O–H groups in total. The van der Waals surface area contributed by atoms with Crippen LogP contribution in [0.4, 0.5) is 0 Å². The first-order valence-electron chi connectivity index (χ1n) is 5.04. The summed E-state index contributed by atoms with van der Waals surface area (Å²) < 4.78 is 23.4. The van der Waals surface area contributed by atoms with Gasteiger partial charge in [0.1, 0.15) is 11.9 Å². The van der Waals surface area contributed by atoms with Gasteiger partial charge in [0.05, 0.1) is 4.90 Å². The van der Waals surface area contributed by atoms with E-state index in [0.29, 0.717) is 0 Å². The Labute approximate surface area is 108 Å².